The molecule has 0 aromatic heterocycles. The molecular weight excluding hydrogens is 282 g/mol. The zero-order chi connectivity index (χ0) is 12.6. The van der Waals surface area contributed by atoms with E-state index in [2.05, 4.69) is 0 Å². The van der Waals surface area contributed by atoms with Gasteiger partial charge in [0.25, 0.3) is 0 Å². The van der Waals surface area contributed by atoms with E-state index in [4.69, 9.17) is 34.8 Å². The van der Waals surface area contributed by atoms with E-state index in [1.54, 1.807) is 24.3 Å². The Morgan fingerprint density at radius 1 is 0.706 bits per heavy atom. The predicted molar refractivity (Wildman–Crippen MR) is 70.2 cm³/mol. The van der Waals surface area contributed by atoms with Gasteiger partial charge in [0, 0.05) is 0 Å². The second kappa shape index (κ2) is 4.65. The van der Waals surface area contributed by atoms with Crippen LogP contribution in [0.1, 0.15) is 0 Å². The van der Waals surface area contributed by atoms with Crippen molar-refractivity contribution in [1.29, 1.82) is 0 Å². The number of benzene rings is 2. The highest BCUT2D eigenvalue weighted by molar-refractivity contribution is 6.37. The molecule has 2 aromatic rings. The molecule has 17 heavy (non-hydrogen) atoms. The molecule has 0 saturated carbocycles. The summed E-state index contributed by atoms with van der Waals surface area (Å²) in [5.74, 6) is -0.145. The Balaban J connectivity index is 2.57. The van der Waals surface area contributed by atoms with Gasteiger partial charge in [0.2, 0.25) is 0 Å². The van der Waals surface area contributed by atoms with E-state index in [1.165, 1.54) is 6.07 Å². The first-order valence-electron chi connectivity index (χ1n) is 4.66. The summed E-state index contributed by atoms with van der Waals surface area (Å²) in [5.41, 5.74) is 1.45. The summed E-state index contributed by atoms with van der Waals surface area (Å²) < 4.78 is 0. The van der Waals surface area contributed by atoms with Gasteiger partial charge < -0.3 is 10.2 Å². The van der Waals surface area contributed by atoms with Crippen LogP contribution < -0.4 is 0 Å². The van der Waals surface area contributed by atoms with Crippen molar-refractivity contribution >= 4 is 34.8 Å². The molecule has 0 spiro atoms. The first kappa shape index (κ1) is 12.4. The fourth-order valence-electron chi connectivity index (χ4n) is 1.42. The Kier molecular flexibility index (Phi) is 3.38. The van der Waals surface area contributed by atoms with Crippen molar-refractivity contribution in [3.63, 3.8) is 0 Å². The molecule has 0 aliphatic rings. The molecule has 2 nitrogen and oxygen atoms in total. The average Bonchev–Trinajstić information content (AvgIpc) is 2.29. The summed E-state index contributed by atoms with van der Waals surface area (Å²) >= 11 is 17.5. The average molecular weight is 290 g/mol. The van der Waals surface area contributed by atoms with Crippen LogP contribution in [0.4, 0.5) is 0 Å². The van der Waals surface area contributed by atoms with Crippen LogP contribution in [0.15, 0.2) is 30.3 Å². The van der Waals surface area contributed by atoms with Crippen LogP contribution in [-0.4, -0.2) is 10.2 Å². The second-order valence-electron chi connectivity index (χ2n) is 3.45. The molecular formula is C12H7Cl3O2. The Morgan fingerprint density at radius 2 is 1.24 bits per heavy atom. The third-order valence-electron chi connectivity index (χ3n) is 2.30. The van der Waals surface area contributed by atoms with Crippen LogP contribution >= 0.6 is 34.8 Å². The maximum Gasteiger partial charge on any atom is 0.152 e. The fourth-order valence-corrected chi connectivity index (χ4v) is 2.09. The first-order chi connectivity index (χ1) is 7.99. The van der Waals surface area contributed by atoms with Crippen LogP contribution in [0.3, 0.4) is 0 Å². The number of hydrogen-bond donors (Lipinski definition) is 2. The highest BCUT2D eigenvalue weighted by Gasteiger charge is 2.09. The van der Waals surface area contributed by atoms with Gasteiger partial charge >= 0.3 is 0 Å². The maximum atomic E-state index is 9.45. The monoisotopic (exact) mass is 288 g/mol. The summed E-state index contributed by atoms with van der Waals surface area (Å²) in [5, 5.41) is 19.3. The molecule has 0 atom stereocenters. The quantitative estimate of drug-likeness (QED) is 0.797. The molecule has 88 valence electrons. The Bertz CT molecular complexity index is 559. The predicted octanol–water partition coefficient (Wildman–Crippen LogP) is 4.73. The van der Waals surface area contributed by atoms with Crippen molar-refractivity contribution in [2.75, 3.05) is 0 Å². The number of phenols is 2. The number of hydrogen-bond acceptors (Lipinski definition) is 2. The summed E-state index contributed by atoms with van der Waals surface area (Å²) in [7, 11) is 0. The van der Waals surface area contributed by atoms with E-state index >= 15 is 0 Å². The lowest BCUT2D eigenvalue weighted by atomic mass is 10.1. The molecule has 5 heteroatoms. The molecule has 0 unspecified atom stereocenters. The minimum atomic E-state index is -0.151. The standard InChI is InChI=1S/C12H7Cl3O2/c13-8-3-6(1-2-11(8)16)7-4-9(14)12(17)10(15)5-7/h1-5,16-17H. The molecule has 0 bridgehead atoms. The molecule has 0 fully saturated rings. The molecule has 0 radical (unpaired) electrons. The molecule has 0 aliphatic carbocycles. The molecule has 2 aromatic carbocycles. The molecule has 2 rings (SSSR count). The van der Waals surface area contributed by atoms with Crippen LogP contribution in [0.5, 0.6) is 11.5 Å². The van der Waals surface area contributed by atoms with E-state index < -0.39 is 0 Å². The Labute approximate surface area is 113 Å². The van der Waals surface area contributed by atoms with Gasteiger partial charge in [-0.05, 0) is 35.4 Å². The number of halogens is 3. The zero-order valence-electron chi connectivity index (χ0n) is 8.42. The number of phenolic OH excluding ortho intramolecular Hbond substituents is 2. The van der Waals surface area contributed by atoms with Gasteiger partial charge in [-0.2, -0.15) is 0 Å². The van der Waals surface area contributed by atoms with Gasteiger partial charge in [0.1, 0.15) is 5.75 Å². The van der Waals surface area contributed by atoms with Crippen LogP contribution in [0.25, 0.3) is 11.1 Å². The van der Waals surface area contributed by atoms with Gasteiger partial charge in [-0.15, -0.1) is 0 Å². The first-order valence-corrected chi connectivity index (χ1v) is 5.79. The third-order valence-corrected chi connectivity index (χ3v) is 3.18. The van der Waals surface area contributed by atoms with E-state index in [-0.39, 0.29) is 26.6 Å². The van der Waals surface area contributed by atoms with Crippen molar-refractivity contribution in [1.82, 2.24) is 0 Å². The van der Waals surface area contributed by atoms with Gasteiger partial charge in [-0.1, -0.05) is 40.9 Å². The SMILES string of the molecule is Oc1ccc(-c2cc(Cl)c(O)c(Cl)c2)cc1Cl. The highest BCUT2D eigenvalue weighted by atomic mass is 35.5. The van der Waals surface area contributed by atoms with Crippen LogP contribution in [0.2, 0.25) is 15.1 Å². The molecule has 0 amide bonds. The fraction of sp³-hybridized carbons (Fsp3) is 0. The smallest absolute Gasteiger partial charge is 0.152 e. The van der Waals surface area contributed by atoms with Crippen molar-refractivity contribution in [2.24, 2.45) is 0 Å². The summed E-state index contributed by atoms with van der Waals surface area (Å²) in [4.78, 5) is 0. The largest absolute Gasteiger partial charge is 0.506 e. The summed E-state index contributed by atoms with van der Waals surface area (Å²) in [6, 6.07) is 7.90. The zero-order valence-corrected chi connectivity index (χ0v) is 10.7. The molecule has 2 N–H and O–H groups in total. The maximum absolute atomic E-state index is 9.45. The number of aromatic hydroxyl groups is 2. The Hall–Kier alpha value is -1.09. The van der Waals surface area contributed by atoms with Gasteiger partial charge in [-0.3, -0.25) is 0 Å². The van der Waals surface area contributed by atoms with E-state index in [9.17, 15) is 10.2 Å². The molecule has 0 saturated heterocycles. The third kappa shape index (κ3) is 2.44. The van der Waals surface area contributed by atoms with E-state index in [1.807, 2.05) is 0 Å². The van der Waals surface area contributed by atoms with Crippen molar-refractivity contribution in [2.45, 2.75) is 0 Å². The second-order valence-corrected chi connectivity index (χ2v) is 4.68. The van der Waals surface area contributed by atoms with Crippen molar-refractivity contribution in [3.8, 4) is 22.6 Å². The van der Waals surface area contributed by atoms with Gasteiger partial charge in [-0.25, -0.2) is 0 Å². The van der Waals surface area contributed by atoms with Gasteiger partial charge in [0.15, 0.2) is 5.75 Å². The van der Waals surface area contributed by atoms with E-state index in [0.717, 1.165) is 5.56 Å². The summed E-state index contributed by atoms with van der Waals surface area (Å²) in [6.07, 6.45) is 0. The van der Waals surface area contributed by atoms with E-state index in [0.29, 0.717) is 5.56 Å². The van der Waals surface area contributed by atoms with Crippen molar-refractivity contribution < 1.29 is 10.2 Å². The Morgan fingerprint density at radius 3 is 1.76 bits per heavy atom. The minimum absolute atomic E-state index is 0.00592. The lowest BCUT2D eigenvalue weighted by Gasteiger charge is -2.07. The highest BCUT2D eigenvalue weighted by Crippen LogP contribution is 2.37. The van der Waals surface area contributed by atoms with Gasteiger partial charge in [0.05, 0.1) is 15.1 Å². The number of rotatable bonds is 1. The minimum Gasteiger partial charge on any atom is -0.506 e. The van der Waals surface area contributed by atoms with Crippen LogP contribution in [0, 0.1) is 0 Å². The lowest BCUT2D eigenvalue weighted by molar-refractivity contribution is 0.475. The summed E-state index contributed by atoms with van der Waals surface area (Å²) in [6.45, 7) is 0. The molecule has 0 heterocycles. The normalized spacial score (nSPS) is 10.5. The van der Waals surface area contributed by atoms with Crippen molar-refractivity contribution in [3.05, 3.63) is 45.4 Å². The van der Waals surface area contributed by atoms with Crippen LogP contribution in [-0.2, 0) is 0 Å². The lowest BCUT2D eigenvalue weighted by Crippen LogP contribution is -1.80. The topological polar surface area (TPSA) is 40.5 Å². The molecule has 0 aliphatic heterocycles.